The normalized spacial score (nSPS) is 14.7. The molecule has 1 fully saturated rings. The SMILES string of the molecule is N#Cc1ccc(OCC(=O)Nc2nc(CN3CCCCC3)cs2)cc1. The molecule has 7 heteroatoms. The van der Waals surface area contributed by atoms with Crippen LogP contribution >= 0.6 is 11.3 Å². The third-order valence-corrected chi connectivity index (χ3v) is 4.79. The predicted molar refractivity (Wildman–Crippen MR) is 96.5 cm³/mol. The Kier molecular flexibility index (Phi) is 5.99. The number of nitriles is 1. The van der Waals surface area contributed by atoms with Crippen LogP contribution in [0.2, 0.25) is 0 Å². The smallest absolute Gasteiger partial charge is 0.264 e. The van der Waals surface area contributed by atoms with Gasteiger partial charge >= 0.3 is 0 Å². The van der Waals surface area contributed by atoms with Crippen LogP contribution in [0.1, 0.15) is 30.5 Å². The van der Waals surface area contributed by atoms with Gasteiger partial charge in [-0.15, -0.1) is 11.3 Å². The summed E-state index contributed by atoms with van der Waals surface area (Å²) in [5, 5.41) is 14.1. The highest BCUT2D eigenvalue weighted by molar-refractivity contribution is 7.13. The van der Waals surface area contributed by atoms with E-state index in [9.17, 15) is 4.79 Å². The van der Waals surface area contributed by atoms with Crippen LogP contribution in [0.5, 0.6) is 5.75 Å². The Hall–Kier alpha value is -2.43. The minimum absolute atomic E-state index is 0.0903. The van der Waals surface area contributed by atoms with E-state index in [1.807, 2.05) is 11.4 Å². The molecule has 0 aliphatic carbocycles. The van der Waals surface area contributed by atoms with Gasteiger partial charge in [-0.25, -0.2) is 4.98 Å². The van der Waals surface area contributed by atoms with E-state index in [-0.39, 0.29) is 12.5 Å². The Morgan fingerprint density at radius 3 is 2.76 bits per heavy atom. The molecule has 0 saturated carbocycles. The van der Waals surface area contributed by atoms with E-state index in [0.717, 1.165) is 25.3 Å². The topological polar surface area (TPSA) is 78.2 Å². The fourth-order valence-electron chi connectivity index (χ4n) is 2.71. The summed E-state index contributed by atoms with van der Waals surface area (Å²) in [6, 6.07) is 8.69. The molecular weight excluding hydrogens is 336 g/mol. The third-order valence-electron chi connectivity index (χ3n) is 3.99. The number of likely N-dealkylation sites (tertiary alicyclic amines) is 1. The average Bonchev–Trinajstić information content (AvgIpc) is 3.08. The molecule has 25 heavy (non-hydrogen) atoms. The maximum absolute atomic E-state index is 12.0. The van der Waals surface area contributed by atoms with Gasteiger partial charge in [0.2, 0.25) is 0 Å². The molecule has 0 atom stereocenters. The second-order valence-electron chi connectivity index (χ2n) is 5.95. The zero-order chi connectivity index (χ0) is 17.5. The second kappa shape index (κ2) is 8.60. The van der Waals surface area contributed by atoms with Gasteiger partial charge in [-0.05, 0) is 50.2 Å². The minimum Gasteiger partial charge on any atom is -0.484 e. The van der Waals surface area contributed by atoms with Crippen molar-refractivity contribution in [2.24, 2.45) is 0 Å². The lowest BCUT2D eigenvalue weighted by Crippen LogP contribution is -2.29. The number of thiazole rings is 1. The number of ether oxygens (including phenoxy) is 1. The Balaban J connectivity index is 1.45. The summed E-state index contributed by atoms with van der Waals surface area (Å²) < 4.78 is 5.41. The Morgan fingerprint density at radius 1 is 1.28 bits per heavy atom. The Bertz CT molecular complexity index is 745. The average molecular weight is 356 g/mol. The number of rotatable bonds is 6. The molecule has 1 amide bonds. The number of nitrogens with one attached hydrogen (secondary N) is 1. The van der Waals surface area contributed by atoms with Gasteiger partial charge in [-0.2, -0.15) is 5.26 Å². The van der Waals surface area contributed by atoms with Gasteiger partial charge < -0.3 is 4.74 Å². The van der Waals surface area contributed by atoms with Gasteiger partial charge in [0.1, 0.15) is 5.75 Å². The second-order valence-corrected chi connectivity index (χ2v) is 6.81. The molecule has 1 saturated heterocycles. The van der Waals surface area contributed by atoms with Crippen LogP contribution in [-0.4, -0.2) is 35.5 Å². The first-order valence-corrected chi connectivity index (χ1v) is 9.20. The van der Waals surface area contributed by atoms with Gasteiger partial charge in [0.25, 0.3) is 5.91 Å². The van der Waals surface area contributed by atoms with Crippen molar-refractivity contribution in [2.75, 3.05) is 25.0 Å². The lowest BCUT2D eigenvalue weighted by molar-refractivity contribution is -0.118. The molecule has 1 aliphatic rings. The summed E-state index contributed by atoms with van der Waals surface area (Å²) in [6.45, 7) is 3.00. The molecule has 1 N–H and O–H groups in total. The van der Waals surface area contributed by atoms with Crippen LogP contribution in [0.25, 0.3) is 0 Å². The summed E-state index contributed by atoms with van der Waals surface area (Å²) in [5.41, 5.74) is 1.55. The number of amides is 1. The van der Waals surface area contributed by atoms with Crippen molar-refractivity contribution in [2.45, 2.75) is 25.8 Å². The summed E-state index contributed by atoms with van der Waals surface area (Å²) in [5.74, 6) is 0.308. The fourth-order valence-corrected chi connectivity index (χ4v) is 3.43. The molecule has 3 rings (SSSR count). The number of anilines is 1. The van der Waals surface area contributed by atoms with E-state index >= 15 is 0 Å². The number of nitrogens with zero attached hydrogens (tertiary/aromatic N) is 3. The monoisotopic (exact) mass is 356 g/mol. The van der Waals surface area contributed by atoms with Crippen molar-refractivity contribution in [3.63, 3.8) is 0 Å². The molecule has 0 bridgehead atoms. The first-order valence-electron chi connectivity index (χ1n) is 8.32. The zero-order valence-electron chi connectivity index (χ0n) is 13.9. The maximum Gasteiger partial charge on any atom is 0.264 e. The highest BCUT2D eigenvalue weighted by atomic mass is 32.1. The molecule has 2 heterocycles. The quantitative estimate of drug-likeness (QED) is 0.861. The zero-order valence-corrected chi connectivity index (χ0v) is 14.7. The Morgan fingerprint density at radius 2 is 2.04 bits per heavy atom. The van der Waals surface area contributed by atoms with E-state index in [1.54, 1.807) is 24.3 Å². The molecule has 6 nitrogen and oxygen atoms in total. The number of piperidine rings is 1. The van der Waals surface area contributed by atoms with Crippen molar-refractivity contribution in [1.82, 2.24) is 9.88 Å². The highest BCUT2D eigenvalue weighted by Crippen LogP contribution is 2.19. The molecule has 1 aromatic heterocycles. The molecule has 1 aromatic carbocycles. The van der Waals surface area contributed by atoms with Crippen LogP contribution in [0.3, 0.4) is 0 Å². The van der Waals surface area contributed by atoms with Gasteiger partial charge in [0, 0.05) is 11.9 Å². The lowest BCUT2D eigenvalue weighted by Gasteiger charge is -2.25. The van der Waals surface area contributed by atoms with Crippen LogP contribution in [0.15, 0.2) is 29.6 Å². The summed E-state index contributed by atoms with van der Waals surface area (Å²) in [4.78, 5) is 18.9. The molecule has 0 unspecified atom stereocenters. The van der Waals surface area contributed by atoms with Crippen LogP contribution in [0.4, 0.5) is 5.13 Å². The largest absolute Gasteiger partial charge is 0.484 e. The van der Waals surface area contributed by atoms with Gasteiger partial charge in [-0.1, -0.05) is 6.42 Å². The molecular formula is C18H20N4O2S. The van der Waals surface area contributed by atoms with Crippen molar-refractivity contribution in [1.29, 1.82) is 5.26 Å². The van der Waals surface area contributed by atoms with Crippen LogP contribution in [0, 0.1) is 11.3 Å². The minimum atomic E-state index is -0.247. The number of hydrogen-bond donors (Lipinski definition) is 1. The molecule has 0 radical (unpaired) electrons. The lowest BCUT2D eigenvalue weighted by atomic mass is 10.1. The van der Waals surface area contributed by atoms with E-state index < -0.39 is 0 Å². The number of benzene rings is 1. The van der Waals surface area contributed by atoms with Crippen LogP contribution < -0.4 is 10.1 Å². The first kappa shape index (κ1) is 17.4. The first-order chi connectivity index (χ1) is 12.2. The standard InChI is InChI=1S/C18H20N4O2S/c19-10-14-4-6-16(7-5-14)24-12-17(23)21-18-20-15(13-25-18)11-22-8-2-1-3-9-22/h4-7,13H,1-3,8-9,11-12H2,(H,20,21,23). The fraction of sp³-hybridized carbons (Fsp3) is 0.389. The van der Waals surface area contributed by atoms with Crippen molar-refractivity contribution < 1.29 is 9.53 Å². The molecule has 2 aromatic rings. The molecule has 0 spiro atoms. The van der Waals surface area contributed by atoms with Gasteiger partial charge in [0.15, 0.2) is 11.7 Å². The summed E-state index contributed by atoms with van der Waals surface area (Å²) in [6.07, 6.45) is 3.81. The highest BCUT2D eigenvalue weighted by Gasteiger charge is 2.13. The number of aromatic nitrogens is 1. The predicted octanol–water partition coefficient (Wildman–Crippen LogP) is 3.02. The summed E-state index contributed by atoms with van der Waals surface area (Å²) in [7, 11) is 0. The van der Waals surface area contributed by atoms with E-state index in [2.05, 4.69) is 15.2 Å². The third kappa shape index (κ3) is 5.28. The van der Waals surface area contributed by atoms with Crippen molar-refractivity contribution in [3.8, 4) is 11.8 Å². The van der Waals surface area contributed by atoms with Crippen molar-refractivity contribution >= 4 is 22.4 Å². The van der Waals surface area contributed by atoms with Gasteiger partial charge in [-0.3, -0.25) is 15.0 Å². The van der Waals surface area contributed by atoms with E-state index in [4.69, 9.17) is 10.00 Å². The summed E-state index contributed by atoms with van der Waals surface area (Å²) >= 11 is 1.43. The molecule has 1 aliphatic heterocycles. The number of hydrogen-bond acceptors (Lipinski definition) is 6. The maximum atomic E-state index is 12.0. The van der Waals surface area contributed by atoms with Gasteiger partial charge in [0.05, 0.1) is 17.3 Å². The van der Waals surface area contributed by atoms with Crippen molar-refractivity contribution in [3.05, 3.63) is 40.9 Å². The van der Waals surface area contributed by atoms with E-state index in [1.165, 1.54) is 30.6 Å². The Labute approximate surface area is 151 Å². The number of carbonyl (C=O) groups excluding carboxylic acids is 1. The van der Waals surface area contributed by atoms with Crippen LogP contribution in [-0.2, 0) is 11.3 Å². The number of carbonyl (C=O) groups is 1. The molecule has 130 valence electrons. The van der Waals surface area contributed by atoms with E-state index in [0.29, 0.717) is 16.4 Å².